The van der Waals surface area contributed by atoms with Crippen LogP contribution in [0.25, 0.3) is 0 Å². The SMILES string of the molecule is COc1ccc(NC(=O)COC2(C)CNC2)cc1F. The number of hydrogen-bond donors (Lipinski definition) is 2. The third-order valence-corrected chi connectivity index (χ3v) is 2.99. The van der Waals surface area contributed by atoms with E-state index < -0.39 is 5.82 Å². The lowest BCUT2D eigenvalue weighted by molar-refractivity contribution is -0.130. The highest BCUT2D eigenvalue weighted by atomic mass is 19.1. The van der Waals surface area contributed by atoms with E-state index in [9.17, 15) is 9.18 Å². The van der Waals surface area contributed by atoms with E-state index in [1.807, 2.05) is 6.92 Å². The van der Waals surface area contributed by atoms with E-state index in [1.165, 1.54) is 19.2 Å². The zero-order valence-corrected chi connectivity index (χ0v) is 11.0. The second-order valence-corrected chi connectivity index (χ2v) is 4.74. The van der Waals surface area contributed by atoms with Gasteiger partial charge < -0.3 is 20.1 Å². The van der Waals surface area contributed by atoms with Gasteiger partial charge in [0.25, 0.3) is 0 Å². The molecule has 2 rings (SSSR count). The van der Waals surface area contributed by atoms with Gasteiger partial charge in [-0.1, -0.05) is 0 Å². The first-order valence-electron chi connectivity index (χ1n) is 6.00. The first kappa shape index (κ1) is 13.8. The van der Waals surface area contributed by atoms with Crippen molar-refractivity contribution in [2.45, 2.75) is 12.5 Å². The number of benzene rings is 1. The van der Waals surface area contributed by atoms with Gasteiger partial charge in [-0.15, -0.1) is 0 Å². The third-order valence-electron chi connectivity index (χ3n) is 2.99. The highest BCUT2D eigenvalue weighted by Gasteiger charge is 2.32. The molecule has 1 saturated heterocycles. The van der Waals surface area contributed by atoms with Crippen LogP contribution in [-0.4, -0.2) is 38.3 Å². The monoisotopic (exact) mass is 268 g/mol. The quantitative estimate of drug-likeness (QED) is 0.841. The fraction of sp³-hybridized carbons (Fsp3) is 0.462. The average Bonchev–Trinajstić information content (AvgIpc) is 2.34. The maximum atomic E-state index is 13.4. The third kappa shape index (κ3) is 3.42. The van der Waals surface area contributed by atoms with Crippen molar-refractivity contribution in [1.82, 2.24) is 5.32 Å². The van der Waals surface area contributed by atoms with Crippen molar-refractivity contribution in [2.24, 2.45) is 0 Å². The van der Waals surface area contributed by atoms with Gasteiger partial charge in [0.15, 0.2) is 11.6 Å². The Kier molecular flexibility index (Phi) is 4.01. The second-order valence-electron chi connectivity index (χ2n) is 4.74. The molecule has 0 radical (unpaired) electrons. The Morgan fingerprint density at radius 2 is 2.26 bits per heavy atom. The summed E-state index contributed by atoms with van der Waals surface area (Å²) >= 11 is 0. The van der Waals surface area contributed by atoms with Crippen LogP contribution in [0, 0.1) is 5.82 Å². The fourth-order valence-corrected chi connectivity index (χ4v) is 1.76. The Morgan fingerprint density at radius 1 is 1.53 bits per heavy atom. The highest BCUT2D eigenvalue weighted by Crippen LogP contribution is 2.21. The summed E-state index contributed by atoms with van der Waals surface area (Å²) in [6.07, 6.45) is 0. The predicted octanol–water partition coefficient (Wildman–Crippen LogP) is 1.15. The van der Waals surface area contributed by atoms with Gasteiger partial charge in [-0.05, 0) is 19.1 Å². The minimum atomic E-state index is -0.517. The molecular weight excluding hydrogens is 251 g/mol. The largest absolute Gasteiger partial charge is 0.494 e. The average molecular weight is 268 g/mol. The molecule has 0 atom stereocenters. The van der Waals surface area contributed by atoms with E-state index in [0.717, 1.165) is 13.1 Å². The molecule has 6 heteroatoms. The van der Waals surface area contributed by atoms with E-state index >= 15 is 0 Å². The van der Waals surface area contributed by atoms with Gasteiger partial charge in [-0.3, -0.25) is 4.79 Å². The van der Waals surface area contributed by atoms with Crippen LogP contribution in [0.15, 0.2) is 18.2 Å². The molecule has 1 heterocycles. The first-order valence-corrected chi connectivity index (χ1v) is 6.00. The van der Waals surface area contributed by atoms with Gasteiger partial charge in [0.2, 0.25) is 5.91 Å². The lowest BCUT2D eigenvalue weighted by atomic mass is 10.0. The topological polar surface area (TPSA) is 59.6 Å². The number of ether oxygens (including phenoxy) is 2. The molecule has 2 N–H and O–H groups in total. The first-order chi connectivity index (χ1) is 9.02. The smallest absolute Gasteiger partial charge is 0.250 e. The number of methoxy groups -OCH3 is 1. The molecule has 104 valence electrons. The molecule has 0 bridgehead atoms. The van der Waals surface area contributed by atoms with Gasteiger partial charge in [0.1, 0.15) is 6.61 Å². The standard InChI is InChI=1S/C13H17FN2O3/c1-13(7-15-8-13)19-6-12(17)16-9-3-4-11(18-2)10(14)5-9/h3-5,15H,6-8H2,1-2H3,(H,16,17). The van der Waals surface area contributed by atoms with E-state index in [0.29, 0.717) is 5.69 Å². The highest BCUT2D eigenvalue weighted by molar-refractivity contribution is 5.91. The summed E-state index contributed by atoms with van der Waals surface area (Å²) in [5, 5.41) is 5.65. The second kappa shape index (κ2) is 5.54. The van der Waals surface area contributed by atoms with E-state index in [4.69, 9.17) is 9.47 Å². The summed E-state index contributed by atoms with van der Waals surface area (Å²) in [5.74, 6) is -0.684. The number of hydrogen-bond acceptors (Lipinski definition) is 4. The molecule has 1 aromatic rings. The molecule has 1 aliphatic rings. The number of halogens is 1. The van der Waals surface area contributed by atoms with Crippen LogP contribution in [0.4, 0.5) is 10.1 Å². The Morgan fingerprint density at radius 3 is 2.79 bits per heavy atom. The predicted molar refractivity (Wildman–Crippen MR) is 68.8 cm³/mol. The number of nitrogens with one attached hydrogen (secondary N) is 2. The van der Waals surface area contributed by atoms with Crippen molar-refractivity contribution >= 4 is 11.6 Å². The molecule has 0 unspecified atom stereocenters. The molecule has 19 heavy (non-hydrogen) atoms. The fourth-order valence-electron chi connectivity index (χ4n) is 1.76. The van der Waals surface area contributed by atoms with Crippen molar-refractivity contribution < 1.29 is 18.7 Å². The maximum absolute atomic E-state index is 13.4. The number of anilines is 1. The number of carbonyl (C=O) groups is 1. The number of amides is 1. The lowest BCUT2D eigenvalue weighted by Gasteiger charge is -2.38. The zero-order valence-electron chi connectivity index (χ0n) is 11.0. The minimum Gasteiger partial charge on any atom is -0.494 e. The molecular formula is C13H17FN2O3. The Balaban J connectivity index is 1.86. The zero-order chi connectivity index (χ0) is 13.9. The van der Waals surface area contributed by atoms with Gasteiger partial charge in [-0.2, -0.15) is 0 Å². The van der Waals surface area contributed by atoms with Crippen molar-refractivity contribution in [3.05, 3.63) is 24.0 Å². The van der Waals surface area contributed by atoms with E-state index in [2.05, 4.69) is 10.6 Å². The molecule has 0 aliphatic carbocycles. The summed E-state index contributed by atoms with van der Waals surface area (Å²) in [4.78, 5) is 11.7. The molecule has 0 spiro atoms. The van der Waals surface area contributed by atoms with E-state index in [-0.39, 0.29) is 23.9 Å². The minimum absolute atomic E-state index is 0.0498. The van der Waals surface area contributed by atoms with E-state index in [1.54, 1.807) is 6.07 Å². The lowest BCUT2D eigenvalue weighted by Crippen LogP contribution is -2.59. The van der Waals surface area contributed by atoms with Crippen LogP contribution < -0.4 is 15.4 Å². The van der Waals surface area contributed by atoms with Gasteiger partial charge in [-0.25, -0.2) is 4.39 Å². The summed E-state index contributed by atoms with van der Waals surface area (Å²) in [6, 6.07) is 4.25. The Labute approximate surface area is 111 Å². The van der Waals surface area contributed by atoms with Crippen LogP contribution in [0.2, 0.25) is 0 Å². The maximum Gasteiger partial charge on any atom is 0.250 e. The van der Waals surface area contributed by atoms with Crippen molar-refractivity contribution in [1.29, 1.82) is 0 Å². The van der Waals surface area contributed by atoms with Crippen molar-refractivity contribution in [3.63, 3.8) is 0 Å². The van der Waals surface area contributed by atoms with Crippen LogP contribution >= 0.6 is 0 Å². The summed E-state index contributed by atoms with van der Waals surface area (Å²) in [7, 11) is 1.39. The Bertz CT molecular complexity index is 475. The summed E-state index contributed by atoms with van der Waals surface area (Å²) < 4.78 is 23.7. The molecule has 1 aromatic carbocycles. The molecule has 1 amide bonds. The van der Waals surface area contributed by atoms with Crippen molar-refractivity contribution in [2.75, 3.05) is 32.1 Å². The summed E-state index contributed by atoms with van der Waals surface area (Å²) in [6.45, 7) is 3.35. The normalized spacial score (nSPS) is 16.6. The van der Waals surface area contributed by atoms with Crippen LogP contribution in [0.3, 0.4) is 0 Å². The number of carbonyl (C=O) groups excluding carboxylic acids is 1. The van der Waals surface area contributed by atoms with Crippen molar-refractivity contribution in [3.8, 4) is 5.75 Å². The molecule has 1 fully saturated rings. The number of rotatable bonds is 5. The van der Waals surface area contributed by atoms with Gasteiger partial charge >= 0.3 is 0 Å². The van der Waals surface area contributed by atoms with Gasteiger partial charge in [0, 0.05) is 24.8 Å². The molecule has 0 saturated carbocycles. The summed E-state index contributed by atoms with van der Waals surface area (Å²) in [5.41, 5.74) is 0.103. The van der Waals surface area contributed by atoms with Gasteiger partial charge in [0.05, 0.1) is 12.7 Å². The van der Waals surface area contributed by atoms with Crippen LogP contribution in [-0.2, 0) is 9.53 Å². The molecule has 5 nitrogen and oxygen atoms in total. The van der Waals surface area contributed by atoms with Crippen LogP contribution in [0.5, 0.6) is 5.75 Å². The molecule has 0 aromatic heterocycles. The Hall–Kier alpha value is -1.66. The molecule has 1 aliphatic heterocycles. The van der Waals surface area contributed by atoms with Crippen LogP contribution in [0.1, 0.15) is 6.92 Å².